The normalized spacial score (nSPS) is 10.1. The van der Waals surface area contributed by atoms with Crippen LogP contribution in [-0.4, -0.2) is 5.91 Å². The van der Waals surface area contributed by atoms with Gasteiger partial charge in [-0.25, -0.2) is 0 Å². The Labute approximate surface area is 111 Å². The summed E-state index contributed by atoms with van der Waals surface area (Å²) in [4.78, 5) is 12.1. The molecule has 2 aromatic rings. The molecule has 0 atom stereocenters. The van der Waals surface area contributed by atoms with E-state index in [2.05, 4.69) is 5.32 Å². The number of carbonyl (C=O) groups excluding carboxylic acids is 1. The quantitative estimate of drug-likeness (QED) is 0.812. The fourth-order valence-corrected chi connectivity index (χ4v) is 1.74. The van der Waals surface area contributed by atoms with E-state index in [0.29, 0.717) is 22.0 Å². The summed E-state index contributed by atoms with van der Waals surface area (Å²) >= 11 is 5.78. The average molecular weight is 261 g/mol. The Hall–Kier alpha value is -2.00. The third-order valence-corrected chi connectivity index (χ3v) is 2.86. The molecule has 0 spiro atoms. The molecule has 0 unspecified atom stereocenters. The second-order valence-electron chi connectivity index (χ2n) is 4.04. The fraction of sp³-hybridized carbons (Fsp3) is 0.0714. The Morgan fingerprint density at radius 2 is 1.83 bits per heavy atom. The molecule has 0 bridgehead atoms. The van der Waals surface area contributed by atoms with Crippen molar-refractivity contribution in [3.63, 3.8) is 0 Å². The molecule has 3 N–H and O–H groups in total. The van der Waals surface area contributed by atoms with Crippen LogP contribution in [0.25, 0.3) is 0 Å². The molecular weight excluding hydrogens is 248 g/mol. The highest BCUT2D eigenvalue weighted by atomic mass is 35.5. The van der Waals surface area contributed by atoms with Crippen molar-refractivity contribution in [2.75, 3.05) is 11.1 Å². The molecule has 0 aliphatic rings. The molecule has 0 radical (unpaired) electrons. The van der Waals surface area contributed by atoms with Crippen molar-refractivity contribution < 1.29 is 4.79 Å². The van der Waals surface area contributed by atoms with Crippen molar-refractivity contribution >= 4 is 28.9 Å². The zero-order valence-electron chi connectivity index (χ0n) is 9.91. The molecule has 0 aromatic heterocycles. The molecule has 0 saturated carbocycles. The number of anilines is 2. The van der Waals surface area contributed by atoms with Gasteiger partial charge >= 0.3 is 0 Å². The van der Waals surface area contributed by atoms with Crippen molar-refractivity contribution in [2.45, 2.75) is 6.92 Å². The molecule has 2 aromatic carbocycles. The number of benzene rings is 2. The summed E-state index contributed by atoms with van der Waals surface area (Å²) < 4.78 is 0. The zero-order chi connectivity index (χ0) is 13.1. The van der Waals surface area contributed by atoms with Crippen molar-refractivity contribution in [3.8, 4) is 0 Å². The minimum Gasteiger partial charge on any atom is -0.399 e. The van der Waals surface area contributed by atoms with Gasteiger partial charge in [-0.05, 0) is 48.9 Å². The number of rotatable bonds is 2. The van der Waals surface area contributed by atoms with E-state index < -0.39 is 0 Å². The SMILES string of the molecule is Cc1ccc(N)cc1C(=O)Nc1ccc(Cl)cc1. The molecular formula is C14H13ClN2O. The summed E-state index contributed by atoms with van der Waals surface area (Å²) in [6, 6.07) is 12.2. The highest BCUT2D eigenvalue weighted by molar-refractivity contribution is 6.30. The summed E-state index contributed by atoms with van der Waals surface area (Å²) in [5.41, 5.74) is 8.41. The largest absolute Gasteiger partial charge is 0.399 e. The van der Waals surface area contributed by atoms with Crippen LogP contribution in [0.3, 0.4) is 0 Å². The van der Waals surface area contributed by atoms with Crippen LogP contribution in [-0.2, 0) is 0 Å². The average Bonchev–Trinajstić information content (AvgIpc) is 2.35. The van der Waals surface area contributed by atoms with Crippen LogP contribution in [0.2, 0.25) is 5.02 Å². The van der Waals surface area contributed by atoms with Crippen LogP contribution < -0.4 is 11.1 Å². The van der Waals surface area contributed by atoms with Gasteiger partial charge in [0.2, 0.25) is 0 Å². The van der Waals surface area contributed by atoms with Gasteiger partial charge in [0.05, 0.1) is 0 Å². The predicted octanol–water partition coefficient (Wildman–Crippen LogP) is 3.48. The molecule has 4 heteroatoms. The smallest absolute Gasteiger partial charge is 0.256 e. The summed E-state index contributed by atoms with van der Waals surface area (Å²) in [5.74, 6) is -0.179. The number of hydrogen-bond donors (Lipinski definition) is 2. The first-order valence-corrected chi connectivity index (χ1v) is 5.87. The highest BCUT2D eigenvalue weighted by Crippen LogP contribution is 2.17. The molecule has 0 fully saturated rings. The van der Waals surface area contributed by atoms with Crippen LogP contribution in [0.1, 0.15) is 15.9 Å². The Balaban J connectivity index is 2.21. The molecule has 92 valence electrons. The van der Waals surface area contributed by atoms with Crippen molar-refractivity contribution in [1.82, 2.24) is 0 Å². The van der Waals surface area contributed by atoms with E-state index in [-0.39, 0.29) is 5.91 Å². The first-order valence-electron chi connectivity index (χ1n) is 5.49. The number of carbonyl (C=O) groups is 1. The van der Waals surface area contributed by atoms with Crippen LogP contribution in [0.4, 0.5) is 11.4 Å². The number of amides is 1. The predicted molar refractivity (Wildman–Crippen MR) is 75.0 cm³/mol. The Kier molecular flexibility index (Phi) is 3.53. The number of aryl methyl sites for hydroxylation is 1. The summed E-state index contributed by atoms with van der Waals surface area (Å²) in [5, 5.41) is 3.43. The van der Waals surface area contributed by atoms with Gasteiger partial charge in [0.15, 0.2) is 0 Å². The molecule has 0 heterocycles. The molecule has 1 amide bonds. The minimum absolute atomic E-state index is 0.179. The number of nitrogens with one attached hydrogen (secondary N) is 1. The molecule has 0 aliphatic heterocycles. The Bertz CT molecular complexity index is 579. The summed E-state index contributed by atoms with van der Waals surface area (Å²) in [7, 11) is 0. The number of nitrogen functional groups attached to an aromatic ring is 1. The van der Waals surface area contributed by atoms with Crippen LogP contribution in [0, 0.1) is 6.92 Å². The molecule has 0 saturated heterocycles. The van der Waals surface area contributed by atoms with Crippen molar-refractivity contribution in [2.24, 2.45) is 0 Å². The lowest BCUT2D eigenvalue weighted by molar-refractivity contribution is 0.102. The van der Waals surface area contributed by atoms with Gasteiger partial charge in [0, 0.05) is 22.0 Å². The van der Waals surface area contributed by atoms with E-state index >= 15 is 0 Å². The number of halogens is 1. The van der Waals surface area contributed by atoms with Crippen molar-refractivity contribution in [3.05, 3.63) is 58.6 Å². The van der Waals surface area contributed by atoms with E-state index in [0.717, 1.165) is 5.56 Å². The van der Waals surface area contributed by atoms with E-state index in [1.54, 1.807) is 36.4 Å². The van der Waals surface area contributed by atoms with Crippen molar-refractivity contribution in [1.29, 1.82) is 0 Å². The third-order valence-electron chi connectivity index (χ3n) is 2.61. The van der Waals surface area contributed by atoms with E-state index in [1.165, 1.54) is 0 Å². The van der Waals surface area contributed by atoms with Gasteiger partial charge in [0.1, 0.15) is 0 Å². The minimum atomic E-state index is -0.179. The Morgan fingerprint density at radius 3 is 2.50 bits per heavy atom. The first kappa shape index (κ1) is 12.5. The maximum Gasteiger partial charge on any atom is 0.256 e. The molecule has 3 nitrogen and oxygen atoms in total. The lowest BCUT2D eigenvalue weighted by Gasteiger charge is -2.08. The lowest BCUT2D eigenvalue weighted by Crippen LogP contribution is -2.13. The zero-order valence-corrected chi connectivity index (χ0v) is 10.7. The van der Waals surface area contributed by atoms with Gasteiger partial charge in [-0.15, -0.1) is 0 Å². The molecule has 18 heavy (non-hydrogen) atoms. The maximum absolute atomic E-state index is 12.1. The maximum atomic E-state index is 12.1. The van der Waals surface area contributed by atoms with E-state index in [4.69, 9.17) is 17.3 Å². The van der Waals surface area contributed by atoms with Crippen LogP contribution in [0.5, 0.6) is 0 Å². The van der Waals surface area contributed by atoms with Gasteiger partial charge in [-0.2, -0.15) is 0 Å². The first-order chi connectivity index (χ1) is 8.56. The summed E-state index contributed by atoms with van der Waals surface area (Å²) in [6.07, 6.45) is 0. The van der Waals surface area contributed by atoms with Gasteiger partial charge in [-0.3, -0.25) is 4.79 Å². The topological polar surface area (TPSA) is 55.1 Å². The monoisotopic (exact) mass is 260 g/mol. The van der Waals surface area contributed by atoms with Crippen LogP contribution >= 0.6 is 11.6 Å². The lowest BCUT2D eigenvalue weighted by atomic mass is 10.1. The van der Waals surface area contributed by atoms with E-state index in [9.17, 15) is 4.79 Å². The van der Waals surface area contributed by atoms with Gasteiger partial charge in [-0.1, -0.05) is 17.7 Å². The fourth-order valence-electron chi connectivity index (χ4n) is 1.62. The van der Waals surface area contributed by atoms with Gasteiger partial charge < -0.3 is 11.1 Å². The second-order valence-corrected chi connectivity index (χ2v) is 4.47. The standard InChI is InChI=1S/C14H13ClN2O/c1-9-2-5-11(16)8-13(9)14(18)17-12-6-3-10(15)4-7-12/h2-8H,16H2,1H3,(H,17,18). The van der Waals surface area contributed by atoms with Gasteiger partial charge in [0.25, 0.3) is 5.91 Å². The second kappa shape index (κ2) is 5.10. The molecule has 0 aliphatic carbocycles. The summed E-state index contributed by atoms with van der Waals surface area (Å²) in [6.45, 7) is 1.87. The Morgan fingerprint density at radius 1 is 1.17 bits per heavy atom. The molecule has 2 rings (SSSR count). The third kappa shape index (κ3) is 2.81. The number of hydrogen-bond acceptors (Lipinski definition) is 2. The van der Waals surface area contributed by atoms with E-state index in [1.807, 2.05) is 13.0 Å². The number of nitrogens with two attached hydrogens (primary N) is 1. The highest BCUT2D eigenvalue weighted by Gasteiger charge is 2.09. The van der Waals surface area contributed by atoms with Crippen LogP contribution in [0.15, 0.2) is 42.5 Å².